The van der Waals surface area contributed by atoms with Gasteiger partial charge in [0.1, 0.15) is 17.2 Å². The number of nitrogens with zero attached hydrogens (tertiary/aromatic N) is 1. The molecule has 2 N–H and O–H groups in total. The third-order valence-corrected chi connectivity index (χ3v) is 4.00. The third kappa shape index (κ3) is 2.94. The number of hydrogen-bond acceptors (Lipinski definition) is 5. The van der Waals surface area contributed by atoms with Crippen molar-refractivity contribution in [3.63, 3.8) is 0 Å². The summed E-state index contributed by atoms with van der Waals surface area (Å²) in [5, 5.41) is 4.64. The number of urea groups is 1. The molecule has 3 rings (SSSR count). The van der Waals surface area contributed by atoms with Gasteiger partial charge in [0.25, 0.3) is 5.91 Å². The van der Waals surface area contributed by atoms with Crippen LogP contribution in [0.4, 0.5) is 10.5 Å². The zero-order valence-corrected chi connectivity index (χ0v) is 13.1. The van der Waals surface area contributed by atoms with E-state index in [4.69, 9.17) is 9.47 Å². The maximum atomic E-state index is 11.7. The van der Waals surface area contributed by atoms with Gasteiger partial charge in [-0.25, -0.2) is 4.79 Å². The summed E-state index contributed by atoms with van der Waals surface area (Å²) >= 11 is 0. The number of benzene rings is 1. The van der Waals surface area contributed by atoms with Crippen molar-refractivity contribution in [2.45, 2.75) is 12.8 Å². The Morgan fingerprint density at radius 3 is 2.30 bits per heavy atom. The monoisotopic (exact) mass is 317 g/mol. The summed E-state index contributed by atoms with van der Waals surface area (Å²) in [7, 11) is 3.19. The molecule has 122 valence electrons. The molecule has 0 saturated carbocycles. The van der Waals surface area contributed by atoms with Crippen LogP contribution in [-0.4, -0.2) is 39.2 Å². The van der Waals surface area contributed by atoms with E-state index in [2.05, 4.69) is 15.5 Å². The second kappa shape index (κ2) is 6.20. The maximum Gasteiger partial charge on any atom is 0.326 e. The van der Waals surface area contributed by atoms with Crippen molar-refractivity contribution in [2.24, 2.45) is 0 Å². The van der Waals surface area contributed by atoms with Crippen LogP contribution in [-0.2, 0) is 4.79 Å². The zero-order valence-electron chi connectivity index (χ0n) is 13.1. The minimum Gasteiger partial charge on any atom is -0.496 e. The van der Waals surface area contributed by atoms with Gasteiger partial charge in [-0.15, -0.1) is 0 Å². The van der Waals surface area contributed by atoms with Crippen LogP contribution in [0, 0.1) is 0 Å². The summed E-state index contributed by atoms with van der Waals surface area (Å²) in [6.07, 6.45) is 3.89. The lowest BCUT2D eigenvalue weighted by atomic mass is 10.1. The summed E-state index contributed by atoms with van der Waals surface area (Å²) in [4.78, 5) is 25.1. The first-order valence-electron chi connectivity index (χ1n) is 7.47. The smallest absolute Gasteiger partial charge is 0.326 e. The fraction of sp³-hybridized carbons (Fsp3) is 0.375. The van der Waals surface area contributed by atoms with Gasteiger partial charge in [0.15, 0.2) is 0 Å². The first-order valence-corrected chi connectivity index (χ1v) is 7.47. The molecular weight excluding hydrogens is 298 g/mol. The topological polar surface area (TPSA) is 79.9 Å². The van der Waals surface area contributed by atoms with Gasteiger partial charge in [0.2, 0.25) is 0 Å². The first kappa shape index (κ1) is 15.2. The standard InChI is InChI=1S/C16H19N3O4/c1-22-13-9-12(19-5-3-4-6-19)14(23-2)8-10(13)7-11-15(20)18-16(21)17-11/h7-9H,3-6H2,1-2H3,(H2,17,18,20,21)/b11-7-. The zero-order chi connectivity index (χ0) is 16.4. The van der Waals surface area contributed by atoms with Crippen LogP contribution in [0.1, 0.15) is 18.4 Å². The number of hydrogen-bond donors (Lipinski definition) is 2. The molecule has 0 bridgehead atoms. The van der Waals surface area contributed by atoms with Gasteiger partial charge < -0.3 is 19.7 Å². The fourth-order valence-corrected chi connectivity index (χ4v) is 2.86. The Morgan fingerprint density at radius 1 is 1.04 bits per heavy atom. The second-order valence-electron chi connectivity index (χ2n) is 5.43. The normalized spacial score (nSPS) is 19.0. The van der Waals surface area contributed by atoms with E-state index in [1.54, 1.807) is 20.3 Å². The first-order chi connectivity index (χ1) is 11.1. The molecule has 2 saturated heterocycles. The average molecular weight is 317 g/mol. The van der Waals surface area contributed by atoms with Crippen LogP contribution < -0.4 is 25.0 Å². The Balaban J connectivity index is 2.01. The lowest BCUT2D eigenvalue weighted by molar-refractivity contribution is -0.115. The van der Waals surface area contributed by atoms with Crippen molar-refractivity contribution in [1.82, 2.24) is 10.6 Å². The van der Waals surface area contributed by atoms with Gasteiger partial charge in [-0.05, 0) is 25.0 Å². The lowest BCUT2D eigenvalue weighted by Crippen LogP contribution is -2.22. The number of anilines is 1. The van der Waals surface area contributed by atoms with Crippen LogP contribution in [0.15, 0.2) is 17.8 Å². The summed E-state index contributed by atoms with van der Waals surface area (Å²) in [6, 6.07) is 3.20. The minimum atomic E-state index is -0.527. The average Bonchev–Trinajstić information content (AvgIpc) is 3.17. The Hall–Kier alpha value is -2.70. The highest BCUT2D eigenvalue weighted by Gasteiger charge is 2.24. The van der Waals surface area contributed by atoms with Crippen molar-refractivity contribution in [3.05, 3.63) is 23.4 Å². The van der Waals surface area contributed by atoms with E-state index in [0.717, 1.165) is 31.6 Å². The Labute approximate surface area is 134 Å². The predicted molar refractivity (Wildman–Crippen MR) is 85.6 cm³/mol. The van der Waals surface area contributed by atoms with E-state index in [1.165, 1.54) is 0 Å². The van der Waals surface area contributed by atoms with Gasteiger partial charge in [-0.3, -0.25) is 10.1 Å². The molecule has 0 atom stereocenters. The summed E-state index contributed by atoms with van der Waals surface area (Å²) in [6.45, 7) is 1.97. The van der Waals surface area contributed by atoms with Crippen molar-refractivity contribution in [2.75, 3.05) is 32.2 Å². The highest BCUT2D eigenvalue weighted by atomic mass is 16.5. The quantitative estimate of drug-likeness (QED) is 0.649. The number of ether oxygens (including phenoxy) is 2. The molecule has 7 heteroatoms. The van der Waals surface area contributed by atoms with E-state index in [1.807, 2.05) is 12.1 Å². The number of amides is 3. The highest BCUT2D eigenvalue weighted by molar-refractivity contribution is 6.14. The molecule has 0 spiro atoms. The summed E-state index contributed by atoms with van der Waals surface area (Å²) in [5.41, 5.74) is 1.83. The molecule has 23 heavy (non-hydrogen) atoms. The number of rotatable bonds is 4. The number of imide groups is 1. The SMILES string of the molecule is COc1cc(N2CCCC2)c(OC)cc1/C=C1\NC(=O)NC1=O. The molecule has 0 radical (unpaired) electrons. The molecule has 0 unspecified atom stereocenters. The molecule has 2 aliphatic heterocycles. The van der Waals surface area contributed by atoms with E-state index >= 15 is 0 Å². The summed E-state index contributed by atoms with van der Waals surface area (Å²) in [5.74, 6) is 0.873. The molecule has 3 amide bonds. The van der Waals surface area contributed by atoms with E-state index < -0.39 is 11.9 Å². The molecule has 0 aromatic heterocycles. The Kier molecular flexibility index (Phi) is 4.10. The van der Waals surface area contributed by atoms with Gasteiger partial charge in [0.05, 0.1) is 19.9 Å². The van der Waals surface area contributed by atoms with Gasteiger partial charge in [-0.1, -0.05) is 0 Å². The van der Waals surface area contributed by atoms with Crippen LogP contribution in [0.5, 0.6) is 11.5 Å². The third-order valence-electron chi connectivity index (χ3n) is 4.00. The molecule has 7 nitrogen and oxygen atoms in total. The Morgan fingerprint density at radius 2 is 1.74 bits per heavy atom. The molecule has 0 aliphatic carbocycles. The molecule has 2 aliphatic rings. The van der Waals surface area contributed by atoms with Crippen molar-refractivity contribution < 1.29 is 19.1 Å². The number of carbonyl (C=O) groups is 2. The van der Waals surface area contributed by atoms with Crippen LogP contribution in [0.2, 0.25) is 0 Å². The van der Waals surface area contributed by atoms with E-state index in [9.17, 15) is 9.59 Å². The fourth-order valence-electron chi connectivity index (χ4n) is 2.86. The van der Waals surface area contributed by atoms with Crippen LogP contribution in [0.3, 0.4) is 0 Å². The van der Waals surface area contributed by atoms with Crippen molar-refractivity contribution in [1.29, 1.82) is 0 Å². The maximum absolute atomic E-state index is 11.7. The molecule has 2 fully saturated rings. The Bertz CT molecular complexity index is 678. The van der Waals surface area contributed by atoms with Crippen molar-refractivity contribution in [3.8, 4) is 11.5 Å². The van der Waals surface area contributed by atoms with Gasteiger partial charge in [0, 0.05) is 24.7 Å². The van der Waals surface area contributed by atoms with Crippen molar-refractivity contribution >= 4 is 23.7 Å². The van der Waals surface area contributed by atoms with E-state index in [-0.39, 0.29) is 5.70 Å². The van der Waals surface area contributed by atoms with Gasteiger partial charge in [-0.2, -0.15) is 0 Å². The molecule has 2 heterocycles. The number of nitrogens with one attached hydrogen (secondary N) is 2. The van der Waals surface area contributed by atoms with Crippen LogP contribution >= 0.6 is 0 Å². The summed E-state index contributed by atoms with van der Waals surface area (Å²) < 4.78 is 10.9. The largest absolute Gasteiger partial charge is 0.496 e. The van der Waals surface area contributed by atoms with Gasteiger partial charge >= 0.3 is 6.03 Å². The minimum absolute atomic E-state index is 0.185. The molecule has 1 aromatic rings. The molecule has 1 aromatic carbocycles. The number of carbonyl (C=O) groups excluding carboxylic acids is 2. The lowest BCUT2D eigenvalue weighted by Gasteiger charge is -2.22. The molecular formula is C16H19N3O4. The predicted octanol–water partition coefficient (Wildman–Crippen LogP) is 1.48. The number of methoxy groups -OCH3 is 2. The second-order valence-corrected chi connectivity index (χ2v) is 5.43. The highest BCUT2D eigenvalue weighted by Crippen LogP contribution is 2.37. The van der Waals surface area contributed by atoms with Crippen LogP contribution in [0.25, 0.3) is 6.08 Å². The van der Waals surface area contributed by atoms with E-state index in [0.29, 0.717) is 17.1 Å².